The Kier molecular flexibility index (Phi) is 8.30. The third-order valence-corrected chi connectivity index (χ3v) is 7.48. The molecule has 3 atom stereocenters. The van der Waals surface area contributed by atoms with Gasteiger partial charge in [0.05, 0.1) is 31.3 Å². The first-order valence-electron chi connectivity index (χ1n) is 13.7. The zero-order valence-corrected chi connectivity index (χ0v) is 23.0. The number of hydrogen-bond donors (Lipinski definition) is 3. The number of nitrogens with one attached hydrogen (secondary N) is 2. The Morgan fingerprint density at radius 2 is 1.98 bits per heavy atom. The highest BCUT2D eigenvalue weighted by molar-refractivity contribution is 5.97. The number of pyridine rings is 1. The quantitative estimate of drug-likeness (QED) is 0.369. The van der Waals surface area contributed by atoms with Gasteiger partial charge in [-0.1, -0.05) is 24.3 Å². The average Bonchev–Trinajstić information content (AvgIpc) is 3.72. The number of aliphatic hydroxyl groups is 1. The standard InChI is InChI=1S/C31H33FN4O5/c1-18(25-15-24(41-2)10-7-20(25)6-5-19-3-4-19)34-31(40)28-14-23(37)17-36(28)29(38)16-33-30(39)27-11-8-21-13-22(32)9-12-26(21)35-27/h5-13,15,18-19,23,28,37H,3-4,14,16-17H2,1-2H3,(H,33,39)(H,34,40)/b6-5+/t18-,23-,28+/m1/s1. The number of carbonyl (C=O) groups is 3. The lowest BCUT2D eigenvalue weighted by Crippen LogP contribution is -2.49. The van der Waals surface area contributed by atoms with Crippen LogP contribution in [0.15, 0.2) is 54.6 Å². The van der Waals surface area contributed by atoms with E-state index < -0.39 is 41.7 Å². The summed E-state index contributed by atoms with van der Waals surface area (Å²) in [5.41, 5.74) is 2.37. The summed E-state index contributed by atoms with van der Waals surface area (Å²) in [6, 6.07) is 11.5. The normalized spacial score (nSPS) is 19.4. The summed E-state index contributed by atoms with van der Waals surface area (Å²) < 4.78 is 18.8. The first-order chi connectivity index (χ1) is 19.7. The van der Waals surface area contributed by atoms with Crippen LogP contribution < -0.4 is 15.4 Å². The zero-order chi connectivity index (χ0) is 29.1. The van der Waals surface area contributed by atoms with Crippen molar-refractivity contribution in [3.8, 4) is 5.75 Å². The number of halogens is 1. The molecule has 0 unspecified atom stereocenters. The number of ether oxygens (including phenoxy) is 1. The van der Waals surface area contributed by atoms with E-state index in [0.717, 1.165) is 11.1 Å². The maximum atomic E-state index is 13.4. The molecule has 1 aromatic heterocycles. The van der Waals surface area contributed by atoms with E-state index in [-0.39, 0.29) is 25.2 Å². The van der Waals surface area contributed by atoms with E-state index >= 15 is 0 Å². The first kappa shape index (κ1) is 28.2. The number of hydrogen-bond acceptors (Lipinski definition) is 6. The molecule has 2 aromatic carbocycles. The molecule has 214 valence electrons. The van der Waals surface area contributed by atoms with Crippen LogP contribution in [0.2, 0.25) is 0 Å². The van der Waals surface area contributed by atoms with Crippen LogP contribution >= 0.6 is 0 Å². The number of benzene rings is 2. The minimum absolute atomic E-state index is 0.0184. The average molecular weight is 561 g/mol. The Balaban J connectivity index is 1.23. The molecule has 1 saturated carbocycles. The van der Waals surface area contributed by atoms with Crippen molar-refractivity contribution in [2.45, 2.75) is 44.4 Å². The summed E-state index contributed by atoms with van der Waals surface area (Å²) >= 11 is 0. The lowest BCUT2D eigenvalue weighted by atomic mass is 9.99. The number of aromatic nitrogens is 1. The highest BCUT2D eigenvalue weighted by Gasteiger charge is 2.39. The SMILES string of the molecule is COc1ccc(/C=C/C2CC2)c([C@@H](C)NC(=O)[C@@H]2C[C@@H](O)CN2C(=O)CNC(=O)c2ccc3cc(F)ccc3n2)c1. The molecule has 1 saturated heterocycles. The fourth-order valence-electron chi connectivity index (χ4n) is 5.03. The van der Waals surface area contributed by atoms with Gasteiger partial charge in [0.25, 0.3) is 5.91 Å². The largest absolute Gasteiger partial charge is 0.497 e. The number of aliphatic hydroxyl groups excluding tert-OH is 1. The number of amides is 3. The second kappa shape index (κ2) is 12.1. The molecule has 2 aliphatic rings. The number of likely N-dealkylation sites (tertiary alicyclic amines) is 1. The van der Waals surface area contributed by atoms with Gasteiger partial charge in [0.2, 0.25) is 11.8 Å². The number of allylic oxidation sites excluding steroid dienone is 1. The maximum absolute atomic E-state index is 13.4. The third kappa shape index (κ3) is 6.71. The molecule has 0 bridgehead atoms. The van der Waals surface area contributed by atoms with Crippen molar-refractivity contribution >= 4 is 34.7 Å². The number of carbonyl (C=O) groups excluding carboxylic acids is 3. The highest BCUT2D eigenvalue weighted by Crippen LogP contribution is 2.32. The molecule has 2 heterocycles. The Morgan fingerprint density at radius 1 is 1.17 bits per heavy atom. The van der Waals surface area contributed by atoms with E-state index in [1.807, 2.05) is 25.1 Å². The summed E-state index contributed by atoms with van der Waals surface area (Å²) in [6.45, 7) is 1.47. The highest BCUT2D eigenvalue weighted by atomic mass is 19.1. The van der Waals surface area contributed by atoms with Gasteiger partial charge >= 0.3 is 0 Å². The van der Waals surface area contributed by atoms with E-state index in [0.29, 0.717) is 22.6 Å². The Bertz CT molecular complexity index is 1510. The first-order valence-corrected chi connectivity index (χ1v) is 13.7. The number of methoxy groups -OCH3 is 1. The summed E-state index contributed by atoms with van der Waals surface area (Å²) in [4.78, 5) is 44.6. The van der Waals surface area contributed by atoms with Crippen molar-refractivity contribution in [1.29, 1.82) is 0 Å². The predicted molar refractivity (Wildman–Crippen MR) is 151 cm³/mol. The molecule has 3 aromatic rings. The molecule has 0 radical (unpaired) electrons. The molecule has 2 fully saturated rings. The van der Waals surface area contributed by atoms with E-state index in [9.17, 15) is 23.9 Å². The summed E-state index contributed by atoms with van der Waals surface area (Å²) in [7, 11) is 1.58. The topological polar surface area (TPSA) is 121 Å². The van der Waals surface area contributed by atoms with Crippen LogP contribution in [0.1, 0.15) is 53.8 Å². The molecule has 0 spiro atoms. The van der Waals surface area contributed by atoms with Crippen LogP contribution in [0, 0.1) is 11.7 Å². The number of rotatable bonds is 9. The van der Waals surface area contributed by atoms with E-state index in [1.54, 1.807) is 13.2 Å². The Labute approximate surface area is 237 Å². The molecule has 3 N–H and O–H groups in total. The predicted octanol–water partition coefficient (Wildman–Crippen LogP) is 3.37. The van der Waals surface area contributed by atoms with Crippen LogP contribution in [0.4, 0.5) is 4.39 Å². The monoisotopic (exact) mass is 560 g/mol. The van der Waals surface area contributed by atoms with Crippen molar-refractivity contribution < 1.29 is 28.6 Å². The van der Waals surface area contributed by atoms with Gasteiger partial charge < -0.3 is 25.4 Å². The molecular formula is C31H33FN4O5. The van der Waals surface area contributed by atoms with Gasteiger partial charge in [-0.05, 0) is 73.2 Å². The Morgan fingerprint density at radius 3 is 2.73 bits per heavy atom. The third-order valence-electron chi connectivity index (χ3n) is 7.48. The van der Waals surface area contributed by atoms with Crippen molar-refractivity contribution in [3.05, 3.63) is 77.2 Å². The van der Waals surface area contributed by atoms with Crippen molar-refractivity contribution in [3.63, 3.8) is 0 Å². The lowest BCUT2D eigenvalue weighted by molar-refractivity contribution is -0.138. The van der Waals surface area contributed by atoms with E-state index in [4.69, 9.17) is 4.74 Å². The minimum atomic E-state index is -0.887. The second-order valence-electron chi connectivity index (χ2n) is 10.6. The van der Waals surface area contributed by atoms with Crippen LogP contribution in [-0.2, 0) is 9.59 Å². The maximum Gasteiger partial charge on any atom is 0.270 e. The van der Waals surface area contributed by atoms with Gasteiger partial charge in [-0.15, -0.1) is 0 Å². The van der Waals surface area contributed by atoms with Gasteiger partial charge in [0.15, 0.2) is 0 Å². The zero-order valence-electron chi connectivity index (χ0n) is 23.0. The molecule has 3 amide bonds. The lowest BCUT2D eigenvalue weighted by Gasteiger charge is -2.26. The second-order valence-corrected chi connectivity index (χ2v) is 10.6. The van der Waals surface area contributed by atoms with Crippen LogP contribution in [0.3, 0.4) is 0 Å². The smallest absolute Gasteiger partial charge is 0.270 e. The van der Waals surface area contributed by atoms with Gasteiger partial charge in [-0.3, -0.25) is 14.4 Å². The molecule has 41 heavy (non-hydrogen) atoms. The molecule has 10 heteroatoms. The summed E-state index contributed by atoms with van der Waals surface area (Å²) in [5, 5.41) is 16.4. The summed E-state index contributed by atoms with van der Waals surface area (Å²) in [6.07, 6.45) is 5.83. The molecule has 1 aliphatic carbocycles. The van der Waals surface area contributed by atoms with Gasteiger partial charge in [-0.25, -0.2) is 9.37 Å². The molecule has 9 nitrogen and oxygen atoms in total. The number of β-amino-alcohol motifs (C(OH)–C–C–N with tert-alkyl or cyclic N) is 1. The molecule has 1 aliphatic heterocycles. The van der Waals surface area contributed by atoms with Crippen molar-refractivity contribution in [1.82, 2.24) is 20.5 Å². The number of fused-ring (bicyclic) bond motifs is 1. The van der Waals surface area contributed by atoms with Gasteiger partial charge in [0.1, 0.15) is 23.3 Å². The van der Waals surface area contributed by atoms with Gasteiger partial charge in [-0.2, -0.15) is 0 Å². The van der Waals surface area contributed by atoms with Crippen molar-refractivity contribution in [2.24, 2.45) is 5.92 Å². The van der Waals surface area contributed by atoms with Gasteiger partial charge in [0, 0.05) is 18.4 Å². The molecule has 5 rings (SSSR count). The fourth-order valence-corrected chi connectivity index (χ4v) is 5.03. The minimum Gasteiger partial charge on any atom is -0.497 e. The molecular weight excluding hydrogens is 527 g/mol. The van der Waals surface area contributed by atoms with Crippen LogP contribution in [0.25, 0.3) is 17.0 Å². The Hall–Kier alpha value is -4.31. The summed E-state index contributed by atoms with van der Waals surface area (Å²) in [5.74, 6) is -0.615. The van der Waals surface area contributed by atoms with E-state index in [1.165, 1.54) is 42.0 Å². The van der Waals surface area contributed by atoms with Crippen LogP contribution in [0.5, 0.6) is 5.75 Å². The van der Waals surface area contributed by atoms with Crippen LogP contribution in [-0.4, -0.2) is 65.1 Å². The fraction of sp³-hybridized carbons (Fsp3) is 0.355. The van der Waals surface area contributed by atoms with E-state index in [2.05, 4.69) is 27.8 Å². The number of nitrogens with zero attached hydrogens (tertiary/aromatic N) is 2. The van der Waals surface area contributed by atoms with Crippen molar-refractivity contribution in [2.75, 3.05) is 20.2 Å².